The van der Waals surface area contributed by atoms with E-state index in [4.69, 9.17) is 21.9 Å². The lowest BCUT2D eigenvalue weighted by atomic mass is 10.2. The lowest BCUT2D eigenvalue weighted by Crippen LogP contribution is -2.44. The van der Waals surface area contributed by atoms with Gasteiger partial charge in [0.2, 0.25) is 17.6 Å². The molecule has 0 aliphatic heterocycles. The second-order valence-corrected chi connectivity index (χ2v) is 6.53. The summed E-state index contributed by atoms with van der Waals surface area (Å²) in [5.41, 5.74) is 6.71. The largest absolute Gasteiger partial charge is 0.386 e. The highest BCUT2D eigenvalue weighted by atomic mass is 35.5. The minimum Gasteiger partial charge on any atom is -0.386 e. The number of rotatable bonds is 8. The summed E-state index contributed by atoms with van der Waals surface area (Å²) in [7, 11) is 0. The van der Waals surface area contributed by atoms with Crippen LogP contribution >= 0.6 is 11.6 Å². The van der Waals surface area contributed by atoms with E-state index < -0.39 is 12.1 Å². The van der Waals surface area contributed by atoms with Gasteiger partial charge in [0.05, 0.1) is 5.82 Å². The van der Waals surface area contributed by atoms with Gasteiger partial charge in [-0.15, -0.1) is 0 Å². The Morgan fingerprint density at radius 1 is 1.17 bits per heavy atom. The van der Waals surface area contributed by atoms with Crippen LogP contribution in [0.1, 0.15) is 46.6 Å². The summed E-state index contributed by atoms with van der Waals surface area (Å²) < 4.78 is 5.27. The molecule has 0 spiro atoms. The van der Waals surface area contributed by atoms with E-state index in [0.717, 1.165) is 5.56 Å². The number of allylic oxidation sites excluding steroid dienone is 5. The predicted molar refractivity (Wildman–Crippen MR) is 121 cm³/mol. The normalized spacial score (nSPS) is 13.9. The molecule has 0 saturated carbocycles. The molecule has 0 radical (unpaired) electrons. The van der Waals surface area contributed by atoms with E-state index in [1.54, 1.807) is 32.1 Å². The number of amides is 1. The van der Waals surface area contributed by atoms with Crippen molar-refractivity contribution in [3.63, 3.8) is 0 Å². The fraction of sp³-hybridized carbons (Fsp3) is 0.318. The van der Waals surface area contributed by atoms with E-state index in [2.05, 4.69) is 20.8 Å². The number of hydrogen-bond donors (Lipinski definition) is 3. The van der Waals surface area contributed by atoms with Gasteiger partial charge < -0.3 is 20.9 Å². The van der Waals surface area contributed by atoms with Crippen molar-refractivity contribution in [1.82, 2.24) is 20.8 Å². The van der Waals surface area contributed by atoms with Crippen molar-refractivity contribution in [2.75, 3.05) is 0 Å². The summed E-state index contributed by atoms with van der Waals surface area (Å²) in [6, 6.07) is 8.45. The Bertz CT molecular complexity index is 875. The highest BCUT2D eigenvalue weighted by Gasteiger charge is 2.20. The molecule has 2 aromatic rings. The molecule has 2 rings (SSSR count). The van der Waals surface area contributed by atoms with E-state index in [1.165, 1.54) is 0 Å². The molecule has 1 heterocycles. The summed E-state index contributed by atoms with van der Waals surface area (Å²) in [6.07, 6.45) is 6.78. The molecule has 0 bridgehead atoms. The lowest BCUT2D eigenvalue weighted by Gasteiger charge is -2.17. The highest BCUT2D eigenvalue weighted by molar-refractivity contribution is 6.31. The number of nitrogens with zero attached hydrogens (tertiary/aromatic N) is 2. The first-order valence-corrected chi connectivity index (χ1v) is 10.2. The van der Waals surface area contributed by atoms with E-state index in [-0.39, 0.29) is 5.91 Å². The molecule has 4 N–H and O–H groups in total. The first-order valence-electron chi connectivity index (χ1n) is 9.82. The first-order chi connectivity index (χ1) is 14.4. The number of hydrogen-bond acceptors (Lipinski definition) is 6. The Hall–Kier alpha value is -3.06. The predicted octanol–water partition coefficient (Wildman–Crippen LogP) is 4.42. The van der Waals surface area contributed by atoms with Crippen molar-refractivity contribution in [3.05, 3.63) is 71.4 Å². The van der Waals surface area contributed by atoms with Crippen molar-refractivity contribution in [2.24, 2.45) is 5.73 Å². The van der Waals surface area contributed by atoms with Crippen LogP contribution in [0.5, 0.6) is 0 Å². The monoisotopic (exact) mass is 431 g/mol. The summed E-state index contributed by atoms with van der Waals surface area (Å²) in [6.45, 7) is 9.33. The van der Waals surface area contributed by atoms with Crippen LogP contribution in [0.4, 0.5) is 0 Å². The summed E-state index contributed by atoms with van der Waals surface area (Å²) in [5, 5.41) is 10.2. The van der Waals surface area contributed by atoms with Crippen LogP contribution in [0, 0.1) is 0 Å². The molecule has 8 heteroatoms. The van der Waals surface area contributed by atoms with Gasteiger partial charge in [0.15, 0.2) is 0 Å². The Kier molecular flexibility index (Phi) is 11.0. The van der Waals surface area contributed by atoms with Gasteiger partial charge in [-0.1, -0.05) is 67.0 Å². The minimum atomic E-state index is -0.566. The fourth-order valence-corrected chi connectivity index (χ4v) is 2.45. The smallest absolute Gasteiger partial charge is 0.249 e. The highest BCUT2D eigenvalue weighted by Crippen LogP contribution is 2.18. The van der Waals surface area contributed by atoms with E-state index in [0.29, 0.717) is 22.6 Å². The fourth-order valence-electron chi connectivity index (χ4n) is 2.26. The van der Waals surface area contributed by atoms with Crippen molar-refractivity contribution >= 4 is 17.5 Å². The molecule has 0 aliphatic carbocycles. The second-order valence-electron chi connectivity index (χ2n) is 6.09. The second kappa shape index (κ2) is 13.2. The summed E-state index contributed by atoms with van der Waals surface area (Å²) >= 11 is 5.95. The molecule has 2 unspecified atom stereocenters. The Morgan fingerprint density at radius 2 is 1.83 bits per heavy atom. The number of nitrogens with two attached hydrogens (primary N) is 1. The van der Waals surface area contributed by atoms with Gasteiger partial charge in [-0.05, 0) is 39.0 Å². The Morgan fingerprint density at radius 3 is 2.47 bits per heavy atom. The third kappa shape index (κ3) is 8.13. The zero-order valence-corrected chi connectivity index (χ0v) is 18.8. The summed E-state index contributed by atoms with van der Waals surface area (Å²) in [5.74, 6) is 0.859. The molecule has 1 aromatic carbocycles. The molecule has 162 valence electrons. The minimum absolute atomic E-state index is 0.258. The van der Waals surface area contributed by atoms with E-state index in [1.807, 2.05) is 57.2 Å². The topological polar surface area (TPSA) is 106 Å². The quantitative estimate of drug-likeness (QED) is 0.534. The zero-order chi connectivity index (χ0) is 22.5. The average Bonchev–Trinajstić information content (AvgIpc) is 3.25. The van der Waals surface area contributed by atoms with Crippen LogP contribution in [0.25, 0.3) is 11.4 Å². The Labute approximate surface area is 183 Å². The van der Waals surface area contributed by atoms with Gasteiger partial charge in [0.25, 0.3) is 0 Å². The molecule has 30 heavy (non-hydrogen) atoms. The number of nitrogens with one attached hydrogen (secondary N) is 2. The molecular weight excluding hydrogens is 402 g/mol. The number of carbonyl (C=O) groups excluding carboxylic acids is 1. The number of halogens is 1. The van der Waals surface area contributed by atoms with Crippen LogP contribution in [-0.2, 0) is 4.79 Å². The molecule has 7 nitrogen and oxygen atoms in total. The maximum Gasteiger partial charge on any atom is 0.249 e. The molecule has 0 fully saturated rings. The Balaban J connectivity index is 0.00000218. The van der Waals surface area contributed by atoms with Crippen molar-refractivity contribution in [2.45, 2.75) is 46.7 Å². The maximum absolute atomic E-state index is 12.4. The van der Waals surface area contributed by atoms with Crippen molar-refractivity contribution in [1.29, 1.82) is 0 Å². The van der Waals surface area contributed by atoms with E-state index >= 15 is 0 Å². The zero-order valence-electron chi connectivity index (χ0n) is 18.0. The van der Waals surface area contributed by atoms with Crippen LogP contribution in [0.15, 0.2) is 70.0 Å². The van der Waals surface area contributed by atoms with Crippen LogP contribution in [0.2, 0.25) is 0 Å². The van der Waals surface area contributed by atoms with Gasteiger partial charge in [-0.3, -0.25) is 4.79 Å². The van der Waals surface area contributed by atoms with Crippen molar-refractivity contribution < 1.29 is 9.32 Å². The number of benzene rings is 1. The van der Waals surface area contributed by atoms with Crippen LogP contribution in [-0.4, -0.2) is 22.1 Å². The van der Waals surface area contributed by atoms with Gasteiger partial charge in [-0.2, -0.15) is 4.98 Å². The van der Waals surface area contributed by atoms with Gasteiger partial charge >= 0.3 is 0 Å². The molecule has 2 atom stereocenters. The molecule has 0 aliphatic rings. The van der Waals surface area contributed by atoms with Crippen molar-refractivity contribution in [3.8, 4) is 11.4 Å². The summed E-state index contributed by atoms with van der Waals surface area (Å²) in [4.78, 5) is 16.7. The molecule has 1 amide bonds. The van der Waals surface area contributed by atoms with Gasteiger partial charge in [-0.25, -0.2) is 0 Å². The van der Waals surface area contributed by atoms with Crippen LogP contribution < -0.4 is 16.4 Å². The standard InChI is InChI=1S/C20H24ClN5O2.C2H6/c1-4-8-16(21)11-12-17(22)23-13(2)19(27)24-14(3)20-25-18(26-28-20)15-9-6-5-7-10-15;1-2/h4-14,23H,22H2,1-3H3,(H,24,27);1-2H3/b8-4+,16-11+,17-12+;. The average molecular weight is 432 g/mol. The lowest BCUT2D eigenvalue weighted by molar-refractivity contribution is -0.123. The SMILES string of the molecule is C/C=C/C(Cl)=C\C=C(/N)NC(C)C(=O)NC(C)c1nc(-c2ccccc2)no1.CC. The molecule has 1 aromatic heterocycles. The third-order valence-corrected chi connectivity index (χ3v) is 3.98. The first kappa shape index (κ1) is 25.0. The van der Waals surface area contributed by atoms with Gasteiger partial charge in [0.1, 0.15) is 12.1 Å². The van der Waals surface area contributed by atoms with E-state index in [9.17, 15) is 4.79 Å². The number of aromatic nitrogens is 2. The number of carbonyl (C=O) groups is 1. The molecular formula is C22H30ClN5O2. The van der Waals surface area contributed by atoms with Crippen LogP contribution in [0.3, 0.4) is 0 Å². The molecule has 0 saturated heterocycles. The maximum atomic E-state index is 12.4. The third-order valence-electron chi connectivity index (χ3n) is 3.73. The van der Waals surface area contributed by atoms with Gasteiger partial charge in [0, 0.05) is 10.6 Å².